The molecule has 214 valence electrons. The standard InChI is InChI=1S/C30H35Cl2N3O4S/c1-5-21(3)33-30(37)27(6-2)34(19-23-15-17-24(31)18-16-23)29(36)20-35(28-14-10-13-26(32)22(28)4)40(38,39)25-11-8-7-9-12-25/h7-18,21,27H,5-6,19-20H2,1-4H3,(H,33,37)/t21-,27+/m0/s1. The summed E-state index contributed by atoms with van der Waals surface area (Å²) in [4.78, 5) is 28.9. The van der Waals surface area contributed by atoms with Crippen molar-refractivity contribution in [2.45, 2.75) is 64.1 Å². The first kappa shape index (κ1) is 31.5. The van der Waals surface area contributed by atoms with E-state index < -0.39 is 28.5 Å². The highest BCUT2D eigenvalue weighted by Gasteiger charge is 2.34. The number of hydrogen-bond donors (Lipinski definition) is 1. The minimum atomic E-state index is -4.17. The van der Waals surface area contributed by atoms with Crippen LogP contribution in [-0.4, -0.2) is 43.8 Å². The number of amides is 2. The zero-order valence-electron chi connectivity index (χ0n) is 23.1. The molecule has 7 nitrogen and oxygen atoms in total. The Morgan fingerprint density at radius 1 is 0.900 bits per heavy atom. The number of halogens is 2. The molecule has 0 aliphatic rings. The molecule has 0 aliphatic carbocycles. The van der Waals surface area contributed by atoms with Crippen LogP contribution in [0.4, 0.5) is 5.69 Å². The number of nitrogens with one attached hydrogen (secondary N) is 1. The minimum absolute atomic E-state index is 0.0352. The first-order valence-electron chi connectivity index (χ1n) is 13.2. The van der Waals surface area contributed by atoms with Crippen molar-refractivity contribution in [2.75, 3.05) is 10.8 Å². The molecule has 0 fully saturated rings. The fraction of sp³-hybridized carbons (Fsp3) is 0.333. The zero-order valence-corrected chi connectivity index (χ0v) is 25.4. The molecule has 0 aromatic heterocycles. The van der Waals surface area contributed by atoms with Crippen molar-refractivity contribution in [3.63, 3.8) is 0 Å². The normalized spacial score (nSPS) is 12.8. The van der Waals surface area contributed by atoms with Gasteiger partial charge in [0.25, 0.3) is 10.0 Å². The van der Waals surface area contributed by atoms with Gasteiger partial charge in [0.1, 0.15) is 12.6 Å². The lowest BCUT2D eigenvalue weighted by atomic mass is 10.1. The van der Waals surface area contributed by atoms with E-state index in [-0.39, 0.29) is 29.1 Å². The highest BCUT2D eigenvalue weighted by molar-refractivity contribution is 7.92. The summed E-state index contributed by atoms with van der Waals surface area (Å²) >= 11 is 12.4. The molecule has 3 aromatic rings. The minimum Gasteiger partial charge on any atom is -0.352 e. The molecule has 0 unspecified atom stereocenters. The summed E-state index contributed by atoms with van der Waals surface area (Å²) in [6, 6.07) is 18.9. The van der Waals surface area contributed by atoms with Crippen molar-refractivity contribution in [2.24, 2.45) is 0 Å². The first-order valence-corrected chi connectivity index (χ1v) is 15.4. The summed E-state index contributed by atoms with van der Waals surface area (Å²) < 4.78 is 28.9. The quantitative estimate of drug-likeness (QED) is 0.266. The van der Waals surface area contributed by atoms with Crippen LogP contribution in [0.3, 0.4) is 0 Å². The summed E-state index contributed by atoms with van der Waals surface area (Å²) in [7, 11) is -4.17. The highest BCUT2D eigenvalue weighted by Crippen LogP contribution is 2.31. The molecule has 0 heterocycles. The van der Waals surface area contributed by atoms with Gasteiger partial charge in [0.15, 0.2) is 0 Å². The average Bonchev–Trinajstić information content (AvgIpc) is 2.94. The Labute approximate surface area is 247 Å². The third-order valence-electron chi connectivity index (χ3n) is 6.77. The third-order valence-corrected chi connectivity index (χ3v) is 9.21. The second-order valence-electron chi connectivity index (χ2n) is 9.60. The summed E-state index contributed by atoms with van der Waals surface area (Å²) in [6.45, 7) is 6.95. The largest absolute Gasteiger partial charge is 0.352 e. The fourth-order valence-electron chi connectivity index (χ4n) is 4.25. The maximum absolute atomic E-state index is 14.1. The molecule has 40 heavy (non-hydrogen) atoms. The van der Waals surface area contributed by atoms with Crippen molar-refractivity contribution in [3.8, 4) is 0 Å². The van der Waals surface area contributed by atoms with E-state index in [2.05, 4.69) is 5.32 Å². The van der Waals surface area contributed by atoms with E-state index in [4.69, 9.17) is 23.2 Å². The average molecular weight is 605 g/mol. The summed E-state index contributed by atoms with van der Waals surface area (Å²) in [5, 5.41) is 3.88. The number of benzene rings is 3. The molecule has 3 rings (SSSR count). The Balaban J connectivity index is 2.08. The Hall–Kier alpha value is -3.07. The molecular formula is C30H35Cl2N3O4S. The molecule has 0 saturated heterocycles. The maximum atomic E-state index is 14.1. The van der Waals surface area contributed by atoms with Gasteiger partial charge in [-0.15, -0.1) is 0 Å². The van der Waals surface area contributed by atoms with E-state index in [0.717, 1.165) is 16.3 Å². The van der Waals surface area contributed by atoms with Gasteiger partial charge in [0.2, 0.25) is 11.8 Å². The molecule has 10 heteroatoms. The smallest absolute Gasteiger partial charge is 0.264 e. The third kappa shape index (κ3) is 7.56. The lowest BCUT2D eigenvalue weighted by molar-refractivity contribution is -0.140. The first-order chi connectivity index (χ1) is 19.0. The number of carbonyl (C=O) groups excluding carboxylic acids is 2. The van der Waals surface area contributed by atoms with Crippen LogP contribution in [0.15, 0.2) is 77.7 Å². The summed E-state index contributed by atoms with van der Waals surface area (Å²) in [6.07, 6.45) is 1.06. The van der Waals surface area contributed by atoms with Crippen LogP contribution in [0.5, 0.6) is 0 Å². The molecule has 1 N–H and O–H groups in total. The van der Waals surface area contributed by atoms with Gasteiger partial charge in [-0.2, -0.15) is 0 Å². The Morgan fingerprint density at radius 2 is 1.55 bits per heavy atom. The van der Waals surface area contributed by atoms with E-state index in [9.17, 15) is 18.0 Å². The van der Waals surface area contributed by atoms with Crippen LogP contribution in [-0.2, 0) is 26.2 Å². The number of nitrogens with zero attached hydrogens (tertiary/aromatic N) is 2. The maximum Gasteiger partial charge on any atom is 0.264 e. The van der Waals surface area contributed by atoms with Gasteiger partial charge in [-0.3, -0.25) is 13.9 Å². The van der Waals surface area contributed by atoms with Crippen LogP contribution >= 0.6 is 23.2 Å². The lowest BCUT2D eigenvalue weighted by Crippen LogP contribution is -2.53. The second-order valence-corrected chi connectivity index (χ2v) is 12.3. The number of carbonyl (C=O) groups is 2. The van der Waals surface area contributed by atoms with Gasteiger partial charge >= 0.3 is 0 Å². The topological polar surface area (TPSA) is 86.8 Å². The van der Waals surface area contributed by atoms with Crippen molar-refractivity contribution in [3.05, 3.63) is 94.0 Å². The van der Waals surface area contributed by atoms with E-state index in [1.165, 1.54) is 17.0 Å². The molecular weight excluding hydrogens is 569 g/mol. The molecule has 2 amide bonds. The SMILES string of the molecule is CC[C@H](C(=O)N[C@@H](C)CC)N(Cc1ccc(Cl)cc1)C(=O)CN(c1cccc(Cl)c1C)S(=O)(=O)c1ccccc1. The molecule has 2 atom stereocenters. The number of anilines is 1. The fourth-order valence-corrected chi connectivity index (χ4v) is 6.03. The predicted molar refractivity (Wildman–Crippen MR) is 161 cm³/mol. The van der Waals surface area contributed by atoms with E-state index in [1.807, 2.05) is 20.8 Å². The van der Waals surface area contributed by atoms with Crippen molar-refractivity contribution < 1.29 is 18.0 Å². The Bertz CT molecular complexity index is 1420. The Morgan fingerprint density at radius 3 is 2.15 bits per heavy atom. The van der Waals surface area contributed by atoms with E-state index >= 15 is 0 Å². The van der Waals surface area contributed by atoms with Gasteiger partial charge in [0.05, 0.1) is 10.6 Å². The number of rotatable bonds is 12. The van der Waals surface area contributed by atoms with E-state index in [0.29, 0.717) is 22.0 Å². The van der Waals surface area contributed by atoms with Crippen LogP contribution in [0.2, 0.25) is 10.0 Å². The lowest BCUT2D eigenvalue weighted by Gasteiger charge is -2.34. The monoisotopic (exact) mass is 603 g/mol. The summed E-state index contributed by atoms with van der Waals surface area (Å²) in [5.74, 6) is -0.824. The van der Waals surface area contributed by atoms with Crippen LogP contribution in [0.1, 0.15) is 44.7 Å². The molecule has 0 radical (unpaired) electrons. The predicted octanol–water partition coefficient (Wildman–Crippen LogP) is 6.22. The number of sulfonamides is 1. The Kier molecular flexibility index (Phi) is 11.0. The van der Waals surface area contributed by atoms with Gasteiger partial charge in [-0.05, 0) is 74.2 Å². The van der Waals surface area contributed by atoms with Crippen molar-refractivity contribution in [1.29, 1.82) is 0 Å². The van der Waals surface area contributed by atoms with Crippen molar-refractivity contribution >= 4 is 50.7 Å². The number of hydrogen-bond acceptors (Lipinski definition) is 4. The van der Waals surface area contributed by atoms with Gasteiger partial charge in [-0.25, -0.2) is 8.42 Å². The molecule has 0 spiro atoms. The molecule has 3 aromatic carbocycles. The summed E-state index contributed by atoms with van der Waals surface area (Å²) in [5.41, 5.74) is 1.56. The van der Waals surface area contributed by atoms with Crippen LogP contribution in [0.25, 0.3) is 0 Å². The van der Waals surface area contributed by atoms with Crippen LogP contribution < -0.4 is 9.62 Å². The van der Waals surface area contributed by atoms with Gasteiger partial charge in [0, 0.05) is 22.6 Å². The zero-order chi connectivity index (χ0) is 29.4. The molecule has 0 aliphatic heterocycles. The van der Waals surface area contributed by atoms with Crippen LogP contribution in [0, 0.1) is 6.92 Å². The van der Waals surface area contributed by atoms with Gasteiger partial charge in [-0.1, -0.05) is 73.4 Å². The van der Waals surface area contributed by atoms with E-state index in [1.54, 1.807) is 67.6 Å². The van der Waals surface area contributed by atoms with Crippen molar-refractivity contribution in [1.82, 2.24) is 10.2 Å². The highest BCUT2D eigenvalue weighted by atomic mass is 35.5. The second kappa shape index (κ2) is 14.0. The molecule has 0 saturated carbocycles. The molecule has 0 bridgehead atoms. The van der Waals surface area contributed by atoms with Gasteiger partial charge < -0.3 is 10.2 Å².